The maximum absolute atomic E-state index is 12.0. The Kier molecular flexibility index (Phi) is 6.41. The number of hydrogen-bond donors (Lipinski definition) is 2. The summed E-state index contributed by atoms with van der Waals surface area (Å²) in [7, 11) is 0. The highest BCUT2D eigenvalue weighted by atomic mass is 35.5. The summed E-state index contributed by atoms with van der Waals surface area (Å²) in [4.78, 5) is 12.0. The summed E-state index contributed by atoms with van der Waals surface area (Å²) in [6.45, 7) is 5.71. The van der Waals surface area contributed by atoms with Crippen molar-refractivity contribution in [2.24, 2.45) is 11.7 Å². The van der Waals surface area contributed by atoms with E-state index in [1.165, 1.54) is 0 Å². The molecule has 0 aliphatic carbocycles. The predicted molar refractivity (Wildman–Crippen MR) is 92.0 cm³/mol. The summed E-state index contributed by atoms with van der Waals surface area (Å²) < 4.78 is 1.72. The highest BCUT2D eigenvalue weighted by Gasteiger charge is 2.18. The van der Waals surface area contributed by atoms with E-state index < -0.39 is 6.04 Å². The van der Waals surface area contributed by atoms with Gasteiger partial charge in [-0.3, -0.25) is 4.79 Å². The number of amides is 1. The van der Waals surface area contributed by atoms with Crippen molar-refractivity contribution >= 4 is 35.7 Å². The van der Waals surface area contributed by atoms with Gasteiger partial charge in [-0.1, -0.05) is 31.5 Å². The van der Waals surface area contributed by atoms with Crippen LogP contribution in [0, 0.1) is 12.8 Å². The quantitative estimate of drug-likeness (QED) is 0.896. The molecule has 0 aliphatic rings. The Balaban J connectivity index is 0.00000242. The molecular weight excluding hydrogens is 323 g/mol. The van der Waals surface area contributed by atoms with Gasteiger partial charge in [0.2, 0.25) is 5.91 Å². The van der Waals surface area contributed by atoms with E-state index in [1.54, 1.807) is 16.8 Å². The first-order valence-corrected chi connectivity index (χ1v) is 7.15. The van der Waals surface area contributed by atoms with Gasteiger partial charge in [0.25, 0.3) is 0 Å². The summed E-state index contributed by atoms with van der Waals surface area (Å²) in [6, 6.07) is 8.61. The second-order valence-corrected chi connectivity index (χ2v) is 5.76. The number of anilines is 1. The van der Waals surface area contributed by atoms with Crippen molar-refractivity contribution in [1.29, 1.82) is 0 Å². The lowest BCUT2D eigenvalue weighted by Crippen LogP contribution is -2.39. The summed E-state index contributed by atoms with van der Waals surface area (Å²) in [6.07, 6.45) is 0. The van der Waals surface area contributed by atoms with Crippen molar-refractivity contribution in [3.05, 3.63) is 41.0 Å². The van der Waals surface area contributed by atoms with E-state index in [0.717, 1.165) is 11.4 Å². The average Bonchev–Trinajstić information content (AvgIpc) is 2.78. The van der Waals surface area contributed by atoms with Crippen LogP contribution in [0.25, 0.3) is 5.69 Å². The van der Waals surface area contributed by atoms with Gasteiger partial charge >= 0.3 is 0 Å². The third-order valence-electron chi connectivity index (χ3n) is 3.21. The van der Waals surface area contributed by atoms with Crippen LogP contribution < -0.4 is 11.1 Å². The maximum atomic E-state index is 12.0. The number of benzene rings is 1. The van der Waals surface area contributed by atoms with E-state index in [0.29, 0.717) is 10.8 Å². The van der Waals surface area contributed by atoms with E-state index in [1.807, 2.05) is 39.0 Å². The van der Waals surface area contributed by atoms with E-state index in [9.17, 15) is 4.79 Å². The number of aromatic nitrogens is 2. The molecule has 0 fully saturated rings. The van der Waals surface area contributed by atoms with Crippen molar-refractivity contribution in [1.82, 2.24) is 9.78 Å². The van der Waals surface area contributed by atoms with Crippen LogP contribution in [0.2, 0.25) is 5.02 Å². The van der Waals surface area contributed by atoms with Gasteiger partial charge in [0.05, 0.1) is 11.7 Å². The number of nitrogens with zero attached hydrogens (tertiary/aromatic N) is 2. The number of carbonyl (C=O) groups is 1. The highest BCUT2D eigenvalue weighted by molar-refractivity contribution is 6.30. The van der Waals surface area contributed by atoms with Gasteiger partial charge in [0.15, 0.2) is 5.82 Å². The maximum Gasteiger partial charge on any atom is 0.242 e. The number of nitrogens with one attached hydrogen (secondary N) is 1. The molecule has 1 amide bonds. The number of halogens is 2. The van der Waals surface area contributed by atoms with Gasteiger partial charge < -0.3 is 11.1 Å². The fourth-order valence-corrected chi connectivity index (χ4v) is 2.10. The molecule has 0 unspecified atom stereocenters. The first-order chi connectivity index (χ1) is 9.88. The molecule has 1 aromatic heterocycles. The fraction of sp³-hybridized carbons (Fsp3) is 0.333. The molecule has 0 saturated heterocycles. The summed E-state index contributed by atoms with van der Waals surface area (Å²) in [5.41, 5.74) is 7.56. The van der Waals surface area contributed by atoms with Crippen LogP contribution in [0.3, 0.4) is 0 Å². The predicted octanol–water partition coefficient (Wildman–Crippen LogP) is 3.18. The normalized spacial score (nSPS) is 11.9. The highest BCUT2D eigenvalue weighted by Crippen LogP contribution is 2.18. The van der Waals surface area contributed by atoms with Crippen LogP contribution in [-0.4, -0.2) is 21.7 Å². The minimum Gasteiger partial charge on any atom is -0.320 e. The molecular formula is C15H20Cl2N4O. The Morgan fingerprint density at radius 2 is 2.05 bits per heavy atom. The third-order valence-corrected chi connectivity index (χ3v) is 3.45. The third kappa shape index (κ3) is 4.22. The lowest BCUT2D eigenvalue weighted by Gasteiger charge is -2.13. The Labute approximate surface area is 141 Å². The summed E-state index contributed by atoms with van der Waals surface area (Å²) >= 11 is 5.99. The fourth-order valence-electron chi connectivity index (χ4n) is 1.92. The molecule has 2 aromatic rings. The van der Waals surface area contributed by atoms with E-state index in [2.05, 4.69) is 10.4 Å². The molecule has 0 saturated carbocycles. The van der Waals surface area contributed by atoms with Gasteiger partial charge in [-0.05, 0) is 31.0 Å². The van der Waals surface area contributed by atoms with Gasteiger partial charge in [0.1, 0.15) is 0 Å². The minimum atomic E-state index is -0.554. The van der Waals surface area contributed by atoms with Gasteiger partial charge in [-0.2, -0.15) is 0 Å². The van der Waals surface area contributed by atoms with Crippen LogP contribution in [0.1, 0.15) is 19.5 Å². The van der Waals surface area contributed by atoms with Crippen molar-refractivity contribution in [3.8, 4) is 5.69 Å². The zero-order chi connectivity index (χ0) is 15.6. The topological polar surface area (TPSA) is 72.9 Å². The van der Waals surface area contributed by atoms with Crippen molar-refractivity contribution in [2.45, 2.75) is 26.8 Å². The van der Waals surface area contributed by atoms with E-state index in [-0.39, 0.29) is 24.2 Å². The zero-order valence-electron chi connectivity index (χ0n) is 12.7. The second kappa shape index (κ2) is 7.63. The molecule has 0 radical (unpaired) electrons. The molecule has 22 heavy (non-hydrogen) atoms. The molecule has 5 nitrogen and oxygen atoms in total. The lowest BCUT2D eigenvalue weighted by molar-refractivity contribution is -0.118. The average molecular weight is 343 g/mol. The van der Waals surface area contributed by atoms with Crippen molar-refractivity contribution < 1.29 is 4.79 Å². The number of aryl methyl sites for hydroxylation is 1. The van der Waals surface area contributed by atoms with Crippen LogP contribution in [0.5, 0.6) is 0 Å². The van der Waals surface area contributed by atoms with Gasteiger partial charge in [-0.15, -0.1) is 17.5 Å². The van der Waals surface area contributed by atoms with Crippen LogP contribution in [-0.2, 0) is 4.79 Å². The van der Waals surface area contributed by atoms with Crippen LogP contribution in [0.4, 0.5) is 5.82 Å². The lowest BCUT2D eigenvalue weighted by atomic mass is 10.1. The Morgan fingerprint density at radius 3 is 2.64 bits per heavy atom. The van der Waals surface area contributed by atoms with Gasteiger partial charge in [0, 0.05) is 16.8 Å². The monoisotopic (exact) mass is 342 g/mol. The van der Waals surface area contributed by atoms with E-state index >= 15 is 0 Å². The minimum absolute atomic E-state index is 0. The molecule has 7 heteroatoms. The Morgan fingerprint density at radius 1 is 1.36 bits per heavy atom. The van der Waals surface area contributed by atoms with Crippen LogP contribution >= 0.6 is 24.0 Å². The van der Waals surface area contributed by atoms with Gasteiger partial charge in [-0.25, -0.2) is 4.68 Å². The first kappa shape index (κ1) is 18.5. The summed E-state index contributed by atoms with van der Waals surface area (Å²) in [5, 5.41) is 7.75. The molecule has 0 bridgehead atoms. The number of carbonyl (C=O) groups excluding carboxylic acids is 1. The van der Waals surface area contributed by atoms with Crippen molar-refractivity contribution in [3.63, 3.8) is 0 Å². The van der Waals surface area contributed by atoms with Crippen molar-refractivity contribution in [2.75, 3.05) is 5.32 Å². The number of rotatable bonds is 4. The van der Waals surface area contributed by atoms with Crippen LogP contribution in [0.15, 0.2) is 30.3 Å². The first-order valence-electron chi connectivity index (χ1n) is 6.77. The smallest absolute Gasteiger partial charge is 0.242 e. The second-order valence-electron chi connectivity index (χ2n) is 5.32. The molecule has 2 rings (SSSR count). The molecule has 120 valence electrons. The largest absolute Gasteiger partial charge is 0.320 e. The zero-order valence-corrected chi connectivity index (χ0v) is 14.3. The molecule has 1 heterocycles. The Hall–Kier alpha value is -1.56. The number of hydrogen-bond acceptors (Lipinski definition) is 3. The standard InChI is InChI=1S/C15H19ClN4O.ClH/c1-9(2)14(17)15(21)18-13-7-10(3)20(19-13)12-6-4-5-11(16)8-12;/h4-9,14H,17H2,1-3H3,(H,18,19,21);1H/t14-;/m0./s1. The Bertz CT molecular complexity index is 655. The van der Waals surface area contributed by atoms with E-state index in [4.69, 9.17) is 17.3 Å². The molecule has 3 N–H and O–H groups in total. The SMILES string of the molecule is Cc1cc(NC(=O)[C@@H](N)C(C)C)nn1-c1cccc(Cl)c1.Cl. The number of nitrogens with two attached hydrogens (primary N) is 1. The molecule has 0 spiro atoms. The summed E-state index contributed by atoms with van der Waals surface area (Å²) in [5.74, 6) is 0.315. The molecule has 1 atom stereocenters. The molecule has 1 aromatic carbocycles. The molecule has 0 aliphatic heterocycles.